The first-order valence-corrected chi connectivity index (χ1v) is 5.27. The number of hydrogen-bond acceptors (Lipinski definition) is 4. The normalized spacial score (nSPS) is 12.1. The summed E-state index contributed by atoms with van der Waals surface area (Å²) in [6.07, 6.45) is 0.786. The first-order chi connectivity index (χ1) is 7.69. The molecule has 4 heteroatoms. The van der Waals surface area contributed by atoms with Crippen molar-refractivity contribution in [2.45, 2.75) is 19.4 Å². The lowest BCUT2D eigenvalue weighted by Gasteiger charge is -2.17. The molecule has 1 atom stereocenters. The van der Waals surface area contributed by atoms with E-state index in [0.717, 1.165) is 12.0 Å². The van der Waals surface area contributed by atoms with Gasteiger partial charge in [-0.15, -0.1) is 0 Å². The second-order valence-corrected chi connectivity index (χ2v) is 3.48. The van der Waals surface area contributed by atoms with Crippen molar-refractivity contribution >= 4 is 5.97 Å². The third-order valence-corrected chi connectivity index (χ3v) is 2.44. The van der Waals surface area contributed by atoms with Gasteiger partial charge in [-0.25, -0.2) is 0 Å². The van der Waals surface area contributed by atoms with Crippen molar-refractivity contribution in [2.24, 2.45) is 0 Å². The molecule has 1 aromatic rings. The zero-order chi connectivity index (χ0) is 12.0. The summed E-state index contributed by atoms with van der Waals surface area (Å²) in [6.45, 7) is 2.13. The lowest BCUT2D eigenvalue weighted by Crippen LogP contribution is -2.28. The Morgan fingerprint density at radius 1 is 1.50 bits per heavy atom. The fraction of sp³-hybridized carbons (Fsp3) is 0.417. The van der Waals surface area contributed by atoms with Crippen LogP contribution in [0.25, 0.3) is 0 Å². The van der Waals surface area contributed by atoms with E-state index >= 15 is 0 Å². The van der Waals surface area contributed by atoms with Gasteiger partial charge in [0, 0.05) is 11.6 Å². The van der Waals surface area contributed by atoms with E-state index in [4.69, 9.17) is 0 Å². The number of phenolic OH excluding ortho intramolecular Hbond substituents is 1. The zero-order valence-corrected chi connectivity index (χ0v) is 9.56. The Kier molecular flexibility index (Phi) is 4.79. The third kappa shape index (κ3) is 3.24. The first kappa shape index (κ1) is 12.5. The van der Waals surface area contributed by atoms with E-state index in [2.05, 4.69) is 10.1 Å². The van der Waals surface area contributed by atoms with Gasteiger partial charge in [0.25, 0.3) is 0 Å². The van der Waals surface area contributed by atoms with E-state index in [9.17, 15) is 9.90 Å². The number of carbonyl (C=O) groups excluding carboxylic acids is 1. The molecule has 88 valence electrons. The molecule has 0 spiro atoms. The largest absolute Gasteiger partial charge is 0.508 e. The maximum absolute atomic E-state index is 11.0. The van der Waals surface area contributed by atoms with Crippen LogP contribution in [0.2, 0.25) is 0 Å². The molecule has 16 heavy (non-hydrogen) atoms. The zero-order valence-electron chi connectivity index (χ0n) is 9.56. The van der Waals surface area contributed by atoms with Gasteiger partial charge in [-0.2, -0.15) is 0 Å². The number of rotatable bonds is 5. The molecule has 0 bridgehead atoms. The Balaban J connectivity index is 2.68. The number of hydrogen-bond donors (Lipinski definition) is 2. The van der Waals surface area contributed by atoms with E-state index in [-0.39, 0.29) is 24.3 Å². The summed E-state index contributed by atoms with van der Waals surface area (Å²) in [7, 11) is 1.35. The molecule has 0 aromatic heterocycles. The highest BCUT2D eigenvalue weighted by atomic mass is 16.5. The Bertz CT molecular complexity index is 352. The molecule has 0 aliphatic carbocycles. The highest BCUT2D eigenvalue weighted by Gasteiger charge is 2.13. The van der Waals surface area contributed by atoms with Crippen molar-refractivity contribution in [3.05, 3.63) is 29.8 Å². The van der Waals surface area contributed by atoms with Gasteiger partial charge in [-0.05, 0) is 12.5 Å². The van der Waals surface area contributed by atoms with E-state index in [1.54, 1.807) is 12.1 Å². The summed E-state index contributed by atoms with van der Waals surface area (Å²) in [5.41, 5.74) is 0.800. The minimum Gasteiger partial charge on any atom is -0.508 e. The van der Waals surface area contributed by atoms with Crippen LogP contribution in [0.1, 0.15) is 24.9 Å². The van der Waals surface area contributed by atoms with E-state index in [1.807, 2.05) is 19.1 Å². The minimum atomic E-state index is -0.311. The molecule has 1 unspecified atom stereocenters. The molecule has 1 rings (SSSR count). The number of phenols is 1. The fourth-order valence-electron chi connectivity index (χ4n) is 1.54. The van der Waals surface area contributed by atoms with Gasteiger partial charge in [-0.1, -0.05) is 25.1 Å². The summed E-state index contributed by atoms with van der Waals surface area (Å²) in [6, 6.07) is 7.06. The average Bonchev–Trinajstić information content (AvgIpc) is 2.31. The van der Waals surface area contributed by atoms with Crippen LogP contribution in [0.15, 0.2) is 24.3 Å². The highest BCUT2D eigenvalue weighted by Crippen LogP contribution is 2.25. The smallest absolute Gasteiger partial charge is 0.319 e. The number of nitrogens with one attached hydrogen (secondary N) is 1. The Morgan fingerprint density at radius 2 is 2.19 bits per heavy atom. The quantitative estimate of drug-likeness (QED) is 0.744. The Labute approximate surface area is 95.2 Å². The molecule has 0 aliphatic rings. The van der Waals surface area contributed by atoms with Crippen LogP contribution < -0.4 is 5.32 Å². The Hall–Kier alpha value is -1.55. The van der Waals surface area contributed by atoms with Gasteiger partial charge in [0.15, 0.2) is 0 Å². The van der Waals surface area contributed by atoms with Crippen molar-refractivity contribution in [1.29, 1.82) is 0 Å². The number of ether oxygens (including phenoxy) is 1. The molecule has 0 saturated heterocycles. The number of aromatic hydroxyl groups is 1. The average molecular weight is 223 g/mol. The van der Waals surface area contributed by atoms with Crippen LogP contribution in [0.4, 0.5) is 0 Å². The molecule has 0 heterocycles. The van der Waals surface area contributed by atoms with Gasteiger partial charge in [-0.3, -0.25) is 10.1 Å². The first-order valence-electron chi connectivity index (χ1n) is 5.27. The summed E-state index contributed by atoms with van der Waals surface area (Å²) in [4.78, 5) is 11.0. The van der Waals surface area contributed by atoms with Crippen molar-refractivity contribution in [2.75, 3.05) is 13.7 Å². The molecular formula is C12H17NO3. The predicted octanol–water partition coefficient (Wildman–Crippen LogP) is 1.61. The lowest BCUT2D eigenvalue weighted by molar-refractivity contribution is -0.139. The van der Waals surface area contributed by atoms with E-state index in [0.29, 0.717) is 0 Å². The van der Waals surface area contributed by atoms with Crippen molar-refractivity contribution < 1.29 is 14.6 Å². The predicted molar refractivity (Wildman–Crippen MR) is 61.2 cm³/mol. The van der Waals surface area contributed by atoms with Crippen LogP contribution in [-0.2, 0) is 9.53 Å². The van der Waals surface area contributed by atoms with Crippen LogP contribution in [0.5, 0.6) is 5.75 Å². The topological polar surface area (TPSA) is 58.6 Å². The number of para-hydroxylation sites is 1. The molecule has 0 saturated carbocycles. The van der Waals surface area contributed by atoms with Crippen molar-refractivity contribution in [3.63, 3.8) is 0 Å². The van der Waals surface area contributed by atoms with Crippen molar-refractivity contribution in [3.8, 4) is 5.75 Å². The molecule has 2 N–H and O–H groups in total. The molecule has 0 aliphatic heterocycles. The second kappa shape index (κ2) is 6.12. The van der Waals surface area contributed by atoms with Gasteiger partial charge >= 0.3 is 5.97 Å². The summed E-state index contributed by atoms with van der Waals surface area (Å²) < 4.78 is 4.55. The summed E-state index contributed by atoms with van der Waals surface area (Å²) >= 11 is 0. The molecule has 0 amide bonds. The molecule has 0 radical (unpaired) electrons. The van der Waals surface area contributed by atoms with Gasteiger partial charge < -0.3 is 9.84 Å². The maximum atomic E-state index is 11.0. The molecule has 1 aromatic carbocycles. The standard InChI is InChI=1S/C12H17NO3/c1-3-10(13-8-12(15)16-2)9-6-4-5-7-11(9)14/h4-7,10,13-14H,3,8H2,1-2H3. The monoisotopic (exact) mass is 223 g/mol. The molecule has 4 nitrogen and oxygen atoms in total. The number of carbonyl (C=O) groups is 1. The number of methoxy groups -OCH3 is 1. The summed E-state index contributed by atoms with van der Waals surface area (Å²) in [5, 5.41) is 12.7. The summed E-state index contributed by atoms with van der Waals surface area (Å²) in [5.74, 6) is -0.0689. The van der Waals surface area contributed by atoms with E-state index in [1.165, 1.54) is 7.11 Å². The van der Waals surface area contributed by atoms with Crippen LogP contribution in [0, 0.1) is 0 Å². The van der Waals surface area contributed by atoms with Gasteiger partial charge in [0.1, 0.15) is 5.75 Å². The number of benzene rings is 1. The van der Waals surface area contributed by atoms with Gasteiger partial charge in [0.05, 0.1) is 13.7 Å². The Morgan fingerprint density at radius 3 is 2.75 bits per heavy atom. The van der Waals surface area contributed by atoms with Crippen LogP contribution in [-0.4, -0.2) is 24.7 Å². The molecular weight excluding hydrogens is 206 g/mol. The van der Waals surface area contributed by atoms with Crippen LogP contribution in [0.3, 0.4) is 0 Å². The van der Waals surface area contributed by atoms with E-state index < -0.39 is 0 Å². The lowest BCUT2D eigenvalue weighted by atomic mass is 10.0. The SMILES string of the molecule is CCC(NCC(=O)OC)c1ccccc1O. The number of esters is 1. The fourth-order valence-corrected chi connectivity index (χ4v) is 1.54. The maximum Gasteiger partial charge on any atom is 0.319 e. The van der Waals surface area contributed by atoms with Crippen LogP contribution >= 0.6 is 0 Å². The third-order valence-electron chi connectivity index (χ3n) is 2.44. The molecule has 0 fully saturated rings. The second-order valence-electron chi connectivity index (χ2n) is 3.48. The van der Waals surface area contributed by atoms with Gasteiger partial charge in [0.2, 0.25) is 0 Å². The van der Waals surface area contributed by atoms with Crippen molar-refractivity contribution in [1.82, 2.24) is 5.32 Å². The highest BCUT2D eigenvalue weighted by molar-refractivity contribution is 5.71. The minimum absolute atomic E-state index is 0.0414.